The van der Waals surface area contributed by atoms with Gasteiger partial charge < -0.3 is 10.2 Å². The van der Waals surface area contributed by atoms with Crippen LogP contribution in [0.25, 0.3) is 0 Å². The van der Waals surface area contributed by atoms with Gasteiger partial charge in [0.05, 0.1) is 11.9 Å². The van der Waals surface area contributed by atoms with E-state index < -0.39 is 34.4 Å². The van der Waals surface area contributed by atoms with Gasteiger partial charge in [-0.25, -0.2) is 8.42 Å². The van der Waals surface area contributed by atoms with Crippen molar-refractivity contribution in [3.63, 3.8) is 0 Å². The number of carbonyl (C=O) groups is 3. The van der Waals surface area contributed by atoms with Gasteiger partial charge in [0.1, 0.15) is 12.6 Å². The minimum absolute atomic E-state index is 0.110. The zero-order valence-electron chi connectivity index (χ0n) is 19.3. The van der Waals surface area contributed by atoms with Crippen LogP contribution in [0.1, 0.15) is 36.7 Å². The summed E-state index contributed by atoms with van der Waals surface area (Å²) in [4.78, 5) is 39.0. The van der Waals surface area contributed by atoms with Crippen LogP contribution < -0.4 is 9.62 Å². The maximum atomic E-state index is 13.5. The molecule has 0 heterocycles. The molecule has 0 aliphatic carbocycles. The van der Waals surface area contributed by atoms with Crippen LogP contribution in [0, 0.1) is 0 Å². The van der Waals surface area contributed by atoms with E-state index in [9.17, 15) is 22.8 Å². The lowest BCUT2D eigenvalue weighted by molar-refractivity contribution is -0.139. The molecular formula is C23H27Cl2N3O5S. The lowest BCUT2D eigenvalue weighted by Gasteiger charge is -2.32. The first-order valence-corrected chi connectivity index (χ1v) is 13.1. The van der Waals surface area contributed by atoms with Crippen LogP contribution >= 0.6 is 23.2 Å². The molecule has 2 rings (SSSR count). The fourth-order valence-corrected chi connectivity index (χ4v) is 4.61. The van der Waals surface area contributed by atoms with Crippen molar-refractivity contribution in [2.75, 3.05) is 23.7 Å². The minimum Gasteiger partial charge on any atom is -0.355 e. The molecule has 0 fully saturated rings. The quantitative estimate of drug-likeness (QED) is 0.476. The minimum atomic E-state index is -3.91. The molecule has 0 aromatic heterocycles. The third kappa shape index (κ3) is 6.94. The van der Waals surface area contributed by atoms with E-state index in [1.54, 1.807) is 31.2 Å². The SMILES string of the molecule is CCNC(=O)[C@@H](C)N(Cc1c(Cl)cccc1Cl)C(=O)CN(c1cccc(C(C)=O)c1)S(C)(=O)=O. The molecule has 0 unspecified atom stereocenters. The van der Waals surface area contributed by atoms with E-state index in [0.29, 0.717) is 27.7 Å². The summed E-state index contributed by atoms with van der Waals surface area (Å²) in [7, 11) is -3.91. The van der Waals surface area contributed by atoms with Crippen LogP contribution in [0.15, 0.2) is 42.5 Å². The van der Waals surface area contributed by atoms with Crippen LogP contribution in [0.2, 0.25) is 10.0 Å². The lowest BCUT2D eigenvalue weighted by Crippen LogP contribution is -2.51. The van der Waals surface area contributed by atoms with Crippen LogP contribution in [0.3, 0.4) is 0 Å². The number of likely N-dealkylation sites (N-methyl/N-ethyl adjacent to an activating group) is 1. The average molecular weight is 528 g/mol. The number of nitrogens with zero attached hydrogens (tertiary/aromatic N) is 2. The Hall–Kier alpha value is -2.62. The highest BCUT2D eigenvalue weighted by atomic mass is 35.5. The number of nitrogens with one attached hydrogen (secondary N) is 1. The molecule has 1 N–H and O–H groups in total. The number of hydrogen-bond acceptors (Lipinski definition) is 5. The summed E-state index contributed by atoms with van der Waals surface area (Å²) in [6, 6.07) is 9.91. The molecule has 2 amide bonds. The largest absolute Gasteiger partial charge is 0.355 e. The highest BCUT2D eigenvalue weighted by Gasteiger charge is 2.31. The standard InChI is InChI=1S/C23H27Cl2N3O5S/c1-5-26-23(31)15(2)27(13-19-20(24)10-7-11-21(19)25)22(30)14-28(34(4,32)33)18-9-6-8-17(12-18)16(3)29/h6-12,15H,5,13-14H2,1-4H3,(H,26,31)/t15-/m1/s1. The fourth-order valence-electron chi connectivity index (χ4n) is 3.25. The first-order valence-electron chi connectivity index (χ1n) is 10.5. The van der Waals surface area contributed by atoms with Gasteiger partial charge in [0.2, 0.25) is 21.8 Å². The highest BCUT2D eigenvalue weighted by molar-refractivity contribution is 7.92. The number of Topliss-reactive ketones (excluding diaryl/α,β-unsaturated/α-hetero) is 1. The van der Waals surface area contributed by atoms with Gasteiger partial charge in [-0.1, -0.05) is 41.4 Å². The number of anilines is 1. The summed E-state index contributed by atoms with van der Waals surface area (Å²) in [5.74, 6) is -1.31. The van der Waals surface area contributed by atoms with E-state index in [0.717, 1.165) is 10.6 Å². The Balaban J connectivity index is 2.48. The number of sulfonamides is 1. The monoisotopic (exact) mass is 527 g/mol. The van der Waals surface area contributed by atoms with Crippen molar-refractivity contribution in [3.8, 4) is 0 Å². The predicted octanol–water partition coefficient (Wildman–Crippen LogP) is 3.52. The van der Waals surface area contributed by atoms with E-state index in [-0.39, 0.29) is 18.0 Å². The molecule has 11 heteroatoms. The molecule has 0 saturated carbocycles. The second kappa shape index (κ2) is 11.7. The average Bonchev–Trinajstić information content (AvgIpc) is 2.76. The molecule has 184 valence electrons. The summed E-state index contributed by atoms with van der Waals surface area (Å²) in [5, 5.41) is 3.28. The van der Waals surface area contributed by atoms with Crippen molar-refractivity contribution in [2.45, 2.75) is 33.4 Å². The van der Waals surface area contributed by atoms with Crippen molar-refractivity contribution in [1.82, 2.24) is 10.2 Å². The molecular weight excluding hydrogens is 501 g/mol. The predicted molar refractivity (Wildman–Crippen MR) is 134 cm³/mol. The smallest absolute Gasteiger partial charge is 0.244 e. The van der Waals surface area contributed by atoms with Gasteiger partial charge in [-0.15, -0.1) is 0 Å². The first kappa shape index (κ1) is 27.6. The van der Waals surface area contributed by atoms with Crippen LogP contribution in [0.5, 0.6) is 0 Å². The molecule has 34 heavy (non-hydrogen) atoms. The molecule has 0 aliphatic heterocycles. The Labute approximate surface area is 209 Å². The third-order valence-electron chi connectivity index (χ3n) is 5.13. The van der Waals surface area contributed by atoms with Gasteiger partial charge in [0.25, 0.3) is 0 Å². The Morgan fingerprint density at radius 3 is 2.18 bits per heavy atom. The van der Waals surface area contributed by atoms with E-state index in [2.05, 4.69) is 5.32 Å². The normalized spacial score (nSPS) is 12.1. The second-order valence-electron chi connectivity index (χ2n) is 7.67. The van der Waals surface area contributed by atoms with Crippen molar-refractivity contribution in [3.05, 3.63) is 63.6 Å². The van der Waals surface area contributed by atoms with Crippen molar-refractivity contribution in [2.24, 2.45) is 0 Å². The molecule has 0 spiro atoms. The Morgan fingerprint density at radius 1 is 1.06 bits per heavy atom. The maximum Gasteiger partial charge on any atom is 0.244 e. The zero-order valence-corrected chi connectivity index (χ0v) is 21.7. The number of ketones is 1. The van der Waals surface area contributed by atoms with Crippen LogP contribution in [-0.4, -0.2) is 56.3 Å². The fraction of sp³-hybridized carbons (Fsp3) is 0.348. The molecule has 1 atom stereocenters. The van der Waals surface area contributed by atoms with Gasteiger partial charge in [0, 0.05) is 34.3 Å². The summed E-state index contributed by atoms with van der Waals surface area (Å²) in [6.45, 7) is 4.29. The summed E-state index contributed by atoms with van der Waals surface area (Å²) < 4.78 is 26.1. The van der Waals surface area contributed by atoms with E-state index in [1.807, 2.05) is 0 Å². The molecule has 0 radical (unpaired) electrons. The molecule has 0 saturated heterocycles. The number of benzene rings is 2. The molecule has 8 nitrogen and oxygen atoms in total. The van der Waals surface area contributed by atoms with Crippen molar-refractivity contribution >= 4 is 56.5 Å². The van der Waals surface area contributed by atoms with E-state index in [1.165, 1.54) is 36.9 Å². The van der Waals surface area contributed by atoms with Gasteiger partial charge in [-0.3, -0.25) is 18.7 Å². The summed E-state index contributed by atoms with van der Waals surface area (Å²) >= 11 is 12.6. The second-order valence-corrected chi connectivity index (χ2v) is 10.4. The summed E-state index contributed by atoms with van der Waals surface area (Å²) in [6.07, 6.45) is 0.962. The lowest BCUT2D eigenvalue weighted by atomic mass is 10.1. The topological polar surface area (TPSA) is 104 Å². The van der Waals surface area contributed by atoms with Gasteiger partial charge in [-0.05, 0) is 45.0 Å². The number of carbonyl (C=O) groups excluding carboxylic acids is 3. The Kier molecular flexibility index (Phi) is 9.49. The van der Waals surface area contributed by atoms with Gasteiger partial charge in [0.15, 0.2) is 5.78 Å². The Morgan fingerprint density at radius 2 is 1.65 bits per heavy atom. The summed E-state index contributed by atoms with van der Waals surface area (Å²) in [5.41, 5.74) is 0.888. The number of hydrogen-bond donors (Lipinski definition) is 1. The van der Waals surface area contributed by atoms with E-state index >= 15 is 0 Å². The maximum absolute atomic E-state index is 13.5. The Bertz CT molecular complexity index is 1170. The third-order valence-corrected chi connectivity index (χ3v) is 6.98. The highest BCUT2D eigenvalue weighted by Crippen LogP contribution is 2.27. The van der Waals surface area contributed by atoms with E-state index in [4.69, 9.17) is 23.2 Å². The molecule has 0 bridgehead atoms. The molecule has 2 aromatic rings. The number of amides is 2. The number of rotatable bonds is 10. The van der Waals surface area contributed by atoms with Crippen LogP contribution in [0.4, 0.5) is 5.69 Å². The zero-order chi connectivity index (χ0) is 25.6. The molecule has 0 aliphatic rings. The molecule has 2 aromatic carbocycles. The van der Waals surface area contributed by atoms with Crippen molar-refractivity contribution < 1.29 is 22.8 Å². The first-order chi connectivity index (χ1) is 15.9. The van der Waals surface area contributed by atoms with Gasteiger partial charge >= 0.3 is 0 Å². The number of halogens is 2. The van der Waals surface area contributed by atoms with Gasteiger partial charge in [-0.2, -0.15) is 0 Å². The van der Waals surface area contributed by atoms with Crippen LogP contribution in [-0.2, 0) is 26.2 Å². The van der Waals surface area contributed by atoms with Crippen molar-refractivity contribution in [1.29, 1.82) is 0 Å².